The number of nitrogens with two attached hydrogens (primary N) is 1. The molecule has 0 saturated heterocycles. The molecule has 3 aromatic carbocycles. The van der Waals surface area contributed by atoms with Gasteiger partial charge < -0.3 is 19.9 Å². The predicted octanol–water partition coefficient (Wildman–Crippen LogP) is 6.57. The highest BCUT2D eigenvalue weighted by Gasteiger charge is 2.14. The molecule has 0 saturated carbocycles. The van der Waals surface area contributed by atoms with Gasteiger partial charge in [-0.3, -0.25) is 0 Å². The predicted molar refractivity (Wildman–Crippen MR) is 142 cm³/mol. The van der Waals surface area contributed by atoms with Gasteiger partial charge in [0.05, 0.1) is 6.10 Å². The van der Waals surface area contributed by atoms with Crippen LogP contribution in [0.1, 0.15) is 30.5 Å². The highest BCUT2D eigenvalue weighted by Crippen LogP contribution is 2.34. The third-order valence-electron chi connectivity index (χ3n) is 5.24. The third kappa shape index (κ3) is 7.22. The van der Waals surface area contributed by atoms with Crippen LogP contribution in [0.15, 0.2) is 91.0 Å². The normalized spacial score (nSPS) is 10.5. The largest absolute Gasteiger partial charge is 0.491 e. The molecule has 4 aromatic rings. The molecule has 6 heteroatoms. The smallest absolute Gasteiger partial charge is 0.225 e. The summed E-state index contributed by atoms with van der Waals surface area (Å²) in [5, 5.41) is 0. The first-order chi connectivity index (χ1) is 16.6. The summed E-state index contributed by atoms with van der Waals surface area (Å²) in [6, 6.07) is 29.9. The molecule has 0 atom stereocenters. The number of hydrogen-bond donors (Lipinski definition) is 1. The SMILES string of the molecule is CC(C)Oc1ccc(-c2ccc(OCc3ccccc3)nc2OCc2ccccc2)cc1CN.Cl. The van der Waals surface area contributed by atoms with Crippen LogP contribution in [0.2, 0.25) is 0 Å². The Labute approximate surface area is 213 Å². The van der Waals surface area contributed by atoms with Gasteiger partial charge in [-0.2, -0.15) is 4.98 Å². The number of rotatable bonds is 10. The maximum atomic E-state index is 6.19. The fourth-order valence-corrected chi connectivity index (χ4v) is 3.57. The highest BCUT2D eigenvalue weighted by molar-refractivity contribution is 5.85. The van der Waals surface area contributed by atoms with E-state index in [1.54, 1.807) is 0 Å². The van der Waals surface area contributed by atoms with Gasteiger partial charge in [0.15, 0.2) is 0 Å². The van der Waals surface area contributed by atoms with Crippen LogP contribution in [-0.4, -0.2) is 11.1 Å². The summed E-state index contributed by atoms with van der Waals surface area (Å²) in [6.45, 7) is 5.22. The molecule has 0 spiro atoms. The van der Waals surface area contributed by atoms with E-state index < -0.39 is 0 Å². The Morgan fingerprint density at radius 2 is 1.40 bits per heavy atom. The minimum absolute atomic E-state index is 0. The van der Waals surface area contributed by atoms with Gasteiger partial charge in [0.1, 0.15) is 19.0 Å². The lowest BCUT2D eigenvalue weighted by atomic mass is 10.0. The molecular weight excluding hydrogens is 460 g/mol. The van der Waals surface area contributed by atoms with Gasteiger partial charge in [-0.25, -0.2) is 0 Å². The Morgan fingerprint density at radius 1 is 0.771 bits per heavy atom. The maximum absolute atomic E-state index is 6.19. The number of ether oxygens (including phenoxy) is 3. The summed E-state index contributed by atoms with van der Waals surface area (Å²) >= 11 is 0. The summed E-state index contributed by atoms with van der Waals surface area (Å²) < 4.78 is 18.0. The molecule has 0 bridgehead atoms. The number of benzene rings is 3. The number of halogens is 1. The van der Waals surface area contributed by atoms with Gasteiger partial charge >= 0.3 is 0 Å². The zero-order valence-electron chi connectivity index (χ0n) is 20.0. The summed E-state index contributed by atoms with van der Waals surface area (Å²) in [5.74, 6) is 1.81. The number of nitrogens with zero attached hydrogens (tertiary/aromatic N) is 1. The van der Waals surface area contributed by atoms with E-state index in [2.05, 4.69) is 0 Å². The summed E-state index contributed by atoms with van der Waals surface area (Å²) in [5.41, 5.74) is 10.9. The van der Waals surface area contributed by atoms with Crippen molar-refractivity contribution >= 4 is 12.4 Å². The summed E-state index contributed by atoms with van der Waals surface area (Å²) in [4.78, 5) is 4.70. The molecule has 0 amide bonds. The molecular formula is C29H31ClN2O3. The molecule has 2 N–H and O–H groups in total. The first-order valence-electron chi connectivity index (χ1n) is 11.5. The standard InChI is InChI=1S/C29H30N2O3.ClH/c1-21(2)34-27-15-13-24(17-25(27)18-30)26-14-16-28(32-19-22-9-5-3-6-10-22)31-29(26)33-20-23-11-7-4-8-12-23;/h3-17,21H,18-20,30H2,1-2H3;1H. The van der Waals surface area contributed by atoms with E-state index in [-0.39, 0.29) is 18.5 Å². The van der Waals surface area contributed by atoms with Crippen molar-refractivity contribution in [2.45, 2.75) is 39.7 Å². The Hall–Kier alpha value is -3.54. The minimum atomic E-state index is 0. The summed E-state index contributed by atoms with van der Waals surface area (Å²) in [7, 11) is 0. The van der Waals surface area contributed by atoms with E-state index in [4.69, 9.17) is 24.9 Å². The third-order valence-corrected chi connectivity index (χ3v) is 5.24. The molecule has 0 aliphatic heterocycles. The van der Waals surface area contributed by atoms with E-state index in [0.717, 1.165) is 33.6 Å². The molecule has 4 rings (SSSR count). The van der Waals surface area contributed by atoms with Crippen molar-refractivity contribution < 1.29 is 14.2 Å². The van der Waals surface area contributed by atoms with Crippen molar-refractivity contribution in [1.82, 2.24) is 4.98 Å². The van der Waals surface area contributed by atoms with Gasteiger partial charge in [0.25, 0.3) is 0 Å². The molecule has 5 nitrogen and oxygen atoms in total. The lowest BCUT2D eigenvalue weighted by molar-refractivity contribution is 0.240. The van der Waals surface area contributed by atoms with Crippen LogP contribution in [0.5, 0.6) is 17.5 Å². The monoisotopic (exact) mass is 490 g/mol. The van der Waals surface area contributed by atoms with Crippen molar-refractivity contribution in [3.05, 3.63) is 108 Å². The highest BCUT2D eigenvalue weighted by atomic mass is 35.5. The maximum Gasteiger partial charge on any atom is 0.225 e. The Kier molecular flexibility index (Phi) is 9.53. The second kappa shape index (κ2) is 12.8. The van der Waals surface area contributed by atoms with Crippen molar-refractivity contribution in [3.8, 4) is 28.6 Å². The van der Waals surface area contributed by atoms with Gasteiger partial charge in [-0.1, -0.05) is 66.7 Å². The number of pyridine rings is 1. The zero-order valence-corrected chi connectivity index (χ0v) is 20.8. The van der Waals surface area contributed by atoms with Crippen LogP contribution in [0.25, 0.3) is 11.1 Å². The van der Waals surface area contributed by atoms with Crippen LogP contribution in [0, 0.1) is 0 Å². The van der Waals surface area contributed by atoms with Crippen LogP contribution >= 0.6 is 12.4 Å². The average Bonchev–Trinajstić information content (AvgIpc) is 2.87. The lowest BCUT2D eigenvalue weighted by Crippen LogP contribution is -2.09. The minimum Gasteiger partial charge on any atom is -0.491 e. The first-order valence-corrected chi connectivity index (χ1v) is 11.5. The van der Waals surface area contributed by atoms with Gasteiger partial charge in [0, 0.05) is 23.7 Å². The summed E-state index contributed by atoms with van der Waals surface area (Å²) in [6.07, 6.45) is 0.0728. The second-order valence-corrected chi connectivity index (χ2v) is 8.24. The van der Waals surface area contributed by atoms with Crippen LogP contribution in [-0.2, 0) is 19.8 Å². The van der Waals surface area contributed by atoms with E-state index in [1.807, 2.05) is 105 Å². The van der Waals surface area contributed by atoms with Gasteiger partial charge in [-0.15, -0.1) is 12.4 Å². The van der Waals surface area contributed by atoms with Crippen molar-refractivity contribution in [2.24, 2.45) is 5.73 Å². The Bertz CT molecular complexity index is 1200. The molecule has 1 aromatic heterocycles. The van der Waals surface area contributed by atoms with Crippen LogP contribution < -0.4 is 19.9 Å². The van der Waals surface area contributed by atoms with Crippen LogP contribution in [0.3, 0.4) is 0 Å². The van der Waals surface area contributed by atoms with Gasteiger partial charge in [-0.05, 0) is 48.7 Å². The quantitative estimate of drug-likeness (QED) is 0.272. The molecule has 0 fully saturated rings. The van der Waals surface area contributed by atoms with E-state index in [9.17, 15) is 0 Å². The molecule has 0 aliphatic rings. The van der Waals surface area contributed by atoms with Crippen molar-refractivity contribution in [2.75, 3.05) is 0 Å². The molecule has 0 aliphatic carbocycles. The fraction of sp³-hybridized carbons (Fsp3) is 0.207. The zero-order chi connectivity index (χ0) is 23.8. The van der Waals surface area contributed by atoms with Crippen molar-refractivity contribution in [3.63, 3.8) is 0 Å². The molecule has 35 heavy (non-hydrogen) atoms. The van der Waals surface area contributed by atoms with Gasteiger partial charge in [0.2, 0.25) is 11.8 Å². The molecule has 182 valence electrons. The number of aromatic nitrogens is 1. The fourth-order valence-electron chi connectivity index (χ4n) is 3.57. The van der Waals surface area contributed by atoms with E-state index >= 15 is 0 Å². The molecule has 1 heterocycles. The topological polar surface area (TPSA) is 66.6 Å². The number of hydrogen-bond acceptors (Lipinski definition) is 5. The Morgan fingerprint density at radius 3 is 2.00 bits per heavy atom. The van der Waals surface area contributed by atoms with E-state index in [1.165, 1.54) is 0 Å². The molecule has 0 unspecified atom stereocenters. The van der Waals surface area contributed by atoms with E-state index in [0.29, 0.717) is 31.5 Å². The lowest BCUT2D eigenvalue weighted by Gasteiger charge is -2.16. The van der Waals surface area contributed by atoms with Crippen molar-refractivity contribution in [1.29, 1.82) is 0 Å². The molecule has 0 radical (unpaired) electrons. The first kappa shape index (κ1) is 26.1. The second-order valence-electron chi connectivity index (χ2n) is 8.24. The Balaban J connectivity index is 0.00000342. The van der Waals surface area contributed by atoms with Crippen LogP contribution in [0.4, 0.5) is 0 Å². The average molecular weight is 491 g/mol.